The van der Waals surface area contributed by atoms with Gasteiger partial charge in [0, 0.05) is 37.6 Å². The van der Waals surface area contributed by atoms with Crippen molar-refractivity contribution in [3.63, 3.8) is 0 Å². The first-order chi connectivity index (χ1) is 16.4. The van der Waals surface area contributed by atoms with Crippen molar-refractivity contribution in [3.8, 4) is 0 Å². The molecule has 5 heteroatoms. The third-order valence-corrected chi connectivity index (χ3v) is 5.08. The number of aromatic nitrogens is 4. The fourth-order valence-electron chi connectivity index (χ4n) is 3.43. The normalized spacial score (nSPS) is 12.0. The second kappa shape index (κ2) is 12.2. The first-order valence-electron chi connectivity index (χ1n) is 11.0. The molecule has 0 unspecified atom stereocenters. The van der Waals surface area contributed by atoms with Gasteiger partial charge in [0.2, 0.25) is 0 Å². The molecule has 164 valence electrons. The number of allylic oxidation sites excluding steroid dienone is 2. The zero-order valence-corrected chi connectivity index (χ0v) is 18.4. The van der Waals surface area contributed by atoms with Gasteiger partial charge < -0.3 is 4.74 Å². The van der Waals surface area contributed by atoms with E-state index in [9.17, 15) is 0 Å². The van der Waals surface area contributed by atoms with Crippen molar-refractivity contribution in [2.75, 3.05) is 13.2 Å². The molecule has 33 heavy (non-hydrogen) atoms. The Labute approximate surface area is 194 Å². The zero-order valence-electron chi connectivity index (χ0n) is 18.4. The highest BCUT2D eigenvalue weighted by molar-refractivity contribution is 5.63. The minimum atomic E-state index is 0.463. The van der Waals surface area contributed by atoms with Crippen molar-refractivity contribution in [1.82, 2.24) is 19.9 Å². The Balaban J connectivity index is 1.44. The van der Waals surface area contributed by atoms with Crippen LogP contribution in [0.3, 0.4) is 0 Å². The standard InChI is InChI=1S/C28H26N4O/c1-3-9-23(10-4-1)21-25(27-29-15-7-16-30-27)13-19-33-20-14-26(28-31-17-8-18-32-28)22-24-11-5-2-6-12-24/h1-18H,19-22H2. The highest BCUT2D eigenvalue weighted by Gasteiger charge is 2.07. The number of hydrogen-bond donors (Lipinski definition) is 0. The monoisotopic (exact) mass is 434 g/mol. The third kappa shape index (κ3) is 7.02. The molecule has 4 rings (SSSR count). The van der Waals surface area contributed by atoms with Crippen molar-refractivity contribution in [1.29, 1.82) is 0 Å². The van der Waals surface area contributed by atoms with Crippen molar-refractivity contribution in [2.45, 2.75) is 12.8 Å². The average Bonchev–Trinajstić information content (AvgIpc) is 2.89. The largest absolute Gasteiger partial charge is 0.373 e. The van der Waals surface area contributed by atoms with E-state index in [-0.39, 0.29) is 0 Å². The molecule has 0 bridgehead atoms. The van der Waals surface area contributed by atoms with E-state index in [0.717, 1.165) is 35.6 Å². The molecule has 0 N–H and O–H groups in total. The molecule has 0 saturated heterocycles. The topological polar surface area (TPSA) is 60.8 Å². The van der Waals surface area contributed by atoms with E-state index in [1.165, 1.54) is 11.1 Å². The van der Waals surface area contributed by atoms with Gasteiger partial charge in [-0.1, -0.05) is 72.8 Å². The molecule has 0 aliphatic carbocycles. The van der Waals surface area contributed by atoms with Crippen LogP contribution in [0.1, 0.15) is 22.8 Å². The Morgan fingerprint density at radius 3 is 1.33 bits per heavy atom. The third-order valence-electron chi connectivity index (χ3n) is 5.08. The van der Waals surface area contributed by atoms with E-state index in [4.69, 9.17) is 4.74 Å². The smallest absolute Gasteiger partial charge is 0.155 e. The first-order valence-corrected chi connectivity index (χ1v) is 11.0. The lowest BCUT2D eigenvalue weighted by Crippen LogP contribution is -2.01. The number of benzene rings is 2. The maximum absolute atomic E-state index is 5.95. The lowest BCUT2D eigenvalue weighted by atomic mass is 10.0. The number of rotatable bonds is 10. The van der Waals surface area contributed by atoms with E-state index in [1.807, 2.05) is 48.5 Å². The number of nitrogens with zero attached hydrogens (tertiary/aromatic N) is 4. The molecule has 0 amide bonds. The summed E-state index contributed by atoms with van der Waals surface area (Å²) in [6, 6.07) is 24.3. The predicted octanol–water partition coefficient (Wildman–Crippen LogP) is 5.24. The molecule has 0 fully saturated rings. The van der Waals surface area contributed by atoms with Crippen molar-refractivity contribution in [3.05, 3.63) is 133 Å². The van der Waals surface area contributed by atoms with Crippen LogP contribution in [0.4, 0.5) is 0 Å². The molecule has 0 saturated carbocycles. The van der Waals surface area contributed by atoms with Gasteiger partial charge in [0.1, 0.15) is 0 Å². The molecule has 0 radical (unpaired) electrons. The molecule has 2 aromatic carbocycles. The quantitative estimate of drug-likeness (QED) is 0.320. The average molecular weight is 435 g/mol. The van der Waals surface area contributed by atoms with Crippen LogP contribution in [-0.2, 0) is 17.6 Å². The number of hydrogen-bond acceptors (Lipinski definition) is 5. The Hall–Kier alpha value is -3.96. The maximum atomic E-state index is 5.95. The Kier molecular flexibility index (Phi) is 8.20. The van der Waals surface area contributed by atoms with Gasteiger partial charge in [0.05, 0.1) is 13.2 Å². The lowest BCUT2D eigenvalue weighted by Gasteiger charge is -2.08. The van der Waals surface area contributed by atoms with Crippen LogP contribution in [0.5, 0.6) is 0 Å². The van der Waals surface area contributed by atoms with Crippen molar-refractivity contribution < 1.29 is 4.74 Å². The molecule has 0 aliphatic rings. The maximum Gasteiger partial charge on any atom is 0.155 e. The van der Waals surface area contributed by atoms with Crippen LogP contribution in [0.2, 0.25) is 0 Å². The molecular weight excluding hydrogens is 408 g/mol. The van der Waals surface area contributed by atoms with E-state index < -0.39 is 0 Å². The van der Waals surface area contributed by atoms with Gasteiger partial charge in [-0.3, -0.25) is 0 Å². The van der Waals surface area contributed by atoms with E-state index >= 15 is 0 Å². The van der Waals surface area contributed by atoms with Gasteiger partial charge >= 0.3 is 0 Å². The summed E-state index contributed by atoms with van der Waals surface area (Å²) in [6.45, 7) is 0.927. The Bertz CT molecular complexity index is 1070. The van der Waals surface area contributed by atoms with E-state index in [0.29, 0.717) is 13.2 Å². The van der Waals surface area contributed by atoms with Crippen LogP contribution in [-0.4, -0.2) is 33.1 Å². The fraction of sp³-hybridized carbons (Fsp3) is 0.143. The summed E-state index contributed by atoms with van der Waals surface area (Å²) in [5, 5.41) is 0. The lowest BCUT2D eigenvalue weighted by molar-refractivity contribution is 0.194. The van der Waals surface area contributed by atoms with Crippen LogP contribution >= 0.6 is 0 Å². The minimum absolute atomic E-state index is 0.463. The molecule has 2 aromatic heterocycles. The molecular formula is C28H26N4O. The van der Waals surface area contributed by atoms with E-state index in [1.54, 1.807) is 24.8 Å². The zero-order chi connectivity index (χ0) is 22.6. The van der Waals surface area contributed by atoms with Crippen molar-refractivity contribution in [2.24, 2.45) is 0 Å². The Morgan fingerprint density at radius 2 is 0.939 bits per heavy atom. The second-order valence-electron chi connectivity index (χ2n) is 7.47. The minimum Gasteiger partial charge on any atom is -0.373 e. The van der Waals surface area contributed by atoms with Crippen molar-refractivity contribution >= 4 is 11.1 Å². The summed E-state index contributed by atoms with van der Waals surface area (Å²) in [6.07, 6.45) is 12.7. The predicted molar refractivity (Wildman–Crippen MR) is 131 cm³/mol. The summed E-state index contributed by atoms with van der Waals surface area (Å²) in [5.74, 6) is 1.45. The fourth-order valence-corrected chi connectivity index (χ4v) is 3.43. The summed E-state index contributed by atoms with van der Waals surface area (Å²) in [7, 11) is 0. The van der Waals surface area contributed by atoms with Crippen LogP contribution in [0.25, 0.3) is 11.1 Å². The molecule has 2 heterocycles. The van der Waals surface area contributed by atoms with Gasteiger partial charge in [0.15, 0.2) is 11.6 Å². The highest BCUT2D eigenvalue weighted by atomic mass is 16.5. The van der Waals surface area contributed by atoms with Gasteiger partial charge in [-0.15, -0.1) is 0 Å². The highest BCUT2D eigenvalue weighted by Crippen LogP contribution is 2.17. The van der Waals surface area contributed by atoms with Crippen LogP contribution < -0.4 is 0 Å². The van der Waals surface area contributed by atoms with Gasteiger partial charge in [-0.05, 0) is 34.4 Å². The molecule has 0 atom stereocenters. The van der Waals surface area contributed by atoms with Gasteiger partial charge in [0.25, 0.3) is 0 Å². The summed E-state index contributed by atoms with van der Waals surface area (Å²) < 4.78 is 5.95. The SMILES string of the molecule is C(COCC=C(Cc1ccccc1)c1ncccn1)=C(Cc1ccccc1)c1ncccn1. The van der Waals surface area contributed by atoms with Gasteiger partial charge in [-0.2, -0.15) is 0 Å². The van der Waals surface area contributed by atoms with Crippen LogP contribution in [0.15, 0.2) is 110 Å². The molecule has 4 aromatic rings. The van der Waals surface area contributed by atoms with Gasteiger partial charge in [-0.25, -0.2) is 19.9 Å². The number of ether oxygens (including phenoxy) is 1. The Morgan fingerprint density at radius 1 is 0.545 bits per heavy atom. The van der Waals surface area contributed by atoms with Crippen LogP contribution in [0, 0.1) is 0 Å². The van der Waals surface area contributed by atoms with E-state index in [2.05, 4.69) is 56.4 Å². The summed E-state index contributed by atoms with van der Waals surface area (Å²) in [5.41, 5.74) is 4.51. The summed E-state index contributed by atoms with van der Waals surface area (Å²) >= 11 is 0. The molecule has 0 spiro atoms. The first kappa shape index (κ1) is 22.2. The molecule has 0 aliphatic heterocycles. The molecule has 5 nitrogen and oxygen atoms in total. The summed E-state index contributed by atoms with van der Waals surface area (Å²) in [4.78, 5) is 17.7. The second-order valence-corrected chi connectivity index (χ2v) is 7.47.